The number of guanidine groups is 1. The van der Waals surface area contributed by atoms with Crippen molar-refractivity contribution in [3.8, 4) is 11.5 Å². The van der Waals surface area contributed by atoms with Gasteiger partial charge in [-0.1, -0.05) is 41.5 Å². The SMILES string of the molecule is CCNC(=NCc1cccc(OC)c1O)NCCc1cc(C)cc(C)c1. The van der Waals surface area contributed by atoms with Crippen molar-refractivity contribution in [2.75, 3.05) is 20.2 Å². The zero-order chi connectivity index (χ0) is 18.9. The van der Waals surface area contributed by atoms with E-state index >= 15 is 0 Å². The quantitative estimate of drug-likeness (QED) is 0.527. The Morgan fingerprint density at radius 2 is 1.85 bits per heavy atom. The number of aliphatic imine (C=N–C) groups is 1. The molecule has 0 fully saturated rings. The van der Waals surface area contributed by atoms with Crippen LogP contribution in [0.5, 0.6) is 11.5 Å². The van der Waals surface area contributed by atoms with Crippen molar-refractivity contribution in [3.05, 3.63) is 58.7 Å². The zero-order valence-corrected chi connectivity index (χ0v) is 16.1. The van der Waals surface area contributed by atoms with Crippen molar-refractivity contribution in [3.63, 3.8) is 0 Å². The highest BCUT2D eigenvalue weighted by molar-refractivity contribution is 5.79. The minimum atomic E-state index is 0.143. The summed E-state index contributed by atoms with van der Waals surface area (Å²) in [6.45, 7) is 8.22. The molecule has 0 amide bonds. The zero-order valence-electron chi connectivity index (χ0n) is 16.1. The van der Waals surface area contributed by atoms with E-state index in [1.54, 1.807) is 13.2 Å². The van der Waals surface area contributed by atoms with Gasteiger partial charge in [-0.2, -0.15) is 0 Å². The van der Waals surface area contributed by atoms with Crippen LogP contribution >= 0.6 is 0 Å². The van der Waals surface area contributed by atoms with E-state index in [9.17, 15) is 5.11 Å². The maximum atomic E-state index is 10.2. The molecule has 0 heterocycles. The lowest BCUT2D eigenvalue weighted by Crippen LogP contribution is -2.38. The molecule has 0 unspecified atom stereocenters. The maximum absolute atomic E-state index is 10.2. The number of methoxy groups -OCH3 is 1. The van der Waals surface area contributed by atoms with Gasteiger partial charge in [-0.3, -0.25) is 0 Å². The van der Waals surface area contributed by atoms with Crippen LogP contribution in [0.15, 0.2) is 41.4 Å². The summed E-state index contributed by atoms with van der Waals surface area (Å²) in [5.41, 5.74) is 4.62. The lowest BCUT2D eigenvalue weighted by Gasteiger charge is -2.12. The van der Waals surface area contributed by atoms with Gasteiger partial charge in [0, 0.05) is 18.7 Å². The lowest BCUT2D eigenvalue weighted by atomic mass is 10.1. The predicted molar refractivity (Wildman–Crippen MR) is 107 cm³/mol. The average Bonchev–Trinajstić information content (AvgIpc) is 2.60. The van der Waals surface area contributed by atoms with Crippen molar-refractivity contribution in [2.24, 2.45) is 4.99 Å². The smallest absolute Gasteiger partial charge is 0.191 e. The number of nitrogens with one attached hydrogen (secondary N) is 2. The second kappa shape index (κ2) is 9.70. The van der Waals surface area contributed by atoms with Crippen LogP contribution in [0.1, 0.15) is 29.2 Å². The Labute approximate surface area is 156 Å². The summed E-state index contributed by atoms with van der Waals surface area (Å²) in [5, 5.41) is 16.8. The van der Waals surface area contributed by atoms with Gasteiger partial charge in [0.1, 0.15) is 0 Å². The molecule has 0 aliphatic heterocycles. The van der Waals surface area contributed by atoms with Gasteiger partial charge in [-0.25, -0.2) is 4.99 Å². The van der Waals surface area contributed by atoms with Gasteiger partial charge in [-0.05, 0) is 38.8 Å². The third-order valence-electron chi connectivity index (χ3n) is 4.04. The summed E-state index contributed by atoms with van der Waals surface area (Å²) in [5.74, 6) is 1.34. The van der Waals surface area contributed by atoms with Crippen molar-refractivity contribution in [1.29, 1.82) is 0 Å². The first kappa shape index (κ1) is 19.6. The number of ether oxygens (including phenoxy) is 1. The Morgan fingerprint density at radius 3 is 2.50 bits per heavy atom. The van der Waals surface area contributed by atoms with Crippen molar-refractivity contribution in [2.45, 2.75) is 33.7 Å². The van der Waals surface area contributed by atoms with Crippen molar-refractivity contribution >= 4 is 5.96 Å². The molecule has 2 aromatic rings. The van der Waals surface area contributed by atoms with Gasteiger partial charge in [0.25, 0.3) is 0 Å². The number of aromatic hydroxyl groups is 1. The molecule has 0 radical (unpaired) electrons. The molecule has 140 valence electrons. The number of hydrogen-bond acceptors (Lipinski definition) is 3. The van der Waals surface area contributed by atoms with Gasteiger partial charge < -0.3 is 20.5 Å². The summed E-state index contributed by atoms with van der Waals surface area (Å²) in [6, 6.07) is 12.0. The number of phenolic OH excluding ortho intramolecular Hbond substituents is 1. The number of aryl methyl sites for hydroxylation is 2. The van der Waals surface area contributed by atoms with E-state index < -0.39 is 0 Å². The lowest BCUT2D eigenvalue weighted by molar-refractivity contribution is 0.370. The van der Waals surface area contributed by atoms with Crippen molar-refractivity contribution in [1.82, 2.24) is 10.6 Å². The Hall–Kier alpha value is -2.69. The van der Waals surface area contributed by atoms with E-state index in [2.05, 4.69) is 47.7 Å². The fraction of sp³-hybridized carbons (Fsp3) is 0.381. The minimum Gasteiger partial charge on any atom is -0.504 e. The van der Waals surface area contributed by atoms with E-state index in [1.807, 2.05) is 19.1 Å². The number of phenols is 1. The highest BCUT2D eigenvalue weighted by Gasteiger charge is 2.07. The Morgan fingerprint density at radius 1 is 1.12 bits per heavy atom. The minimum absolute atomic E-state index is 0.143. The summed E-state index contributed by atoms with van der Waals surface area (Å²) in [7, 11) is 1.54. The van der Waals surface area contributed by atoms with Crippen LogP contribution in [0.2, 0.25) is 0 Å². The van der Waals surface area contributed by atoms with E-state index in [1.165, 1.54) is 16.7 Å². The van der Waals surface area contributed by atoms with Crippen LogP contribution in [0.3, 0.4) is 0 Å². The Balaban J connectivity index is 1.98. The normalized spacial score (nSPS) is 11.3. The third-order valence-corrected chi connectivity index (χ3v) is 4.04. The second-order valence-electron chi connectivity index (χ2n) is 6.34. The summed E-state index contributed by atoms with van der Waals surface area (Å²) in [6.07, 6.45) is 0.928. The monoisotopic (exact) mass is 355 g/mol. The summed E-state index contributed by atoms with van der Waals surface area (Å²) in [4.78, 5) is 4.57. The largest absolute Gasteiger partial charge is 0.504 e. The molecule has 0 saturated carbocycles. The van der Waals surface area contributed by atoms with E-state index in [4.69, 9.17) is 4.74 Å². The number of benzene rings is 2. The number of para-hydroxylation sites is 1. The number of rotatable bonds is 7. The van der Waals surface area contributed by atoms with Crippen LogP contribution in [0, 0.1) is 13.8 Å². The van der Waals surface area contributed by atoms with Gasteiger partial charge in [0.05, 0.1) is 13.7 Å². The molecule has 5 nitrogen and oxygen atoms in total. The summed E-state index contributed by atoms with van der Waals surface area (Å²) >= 11 is 0. The highest BCUT2D eigenvalue weighted by atomic mass is 16.5. The predicted octanol–water partition coefficient (Wildman–Crippen LogP) is 3.32. The first-order valence-corrected chi connectivity index (χ1v) is 8.97. The van der Waals surface area contributed by atoms with Gasteiger partial charge >= 0.3 is 0 Å². The maximum Gasteiger partial charge on any atom is 0.191 e. The topological polar surface area (TPSA) is 65.9 Å². The molecule has 0 aromatic heterocycles. The molecule has 2 aromatic carbocycles. The number of hydrogen-bond donors (Lipinski definition) is 3. The van der Waals surface area contributed by atoms with Crippen LogP contribution < -0.4 is 15.4 Å². The van der Waals surface area contributed by atoms with Gasteiger partial charge in [0.15, 0.2) is 17.5 Å². The van der Waals surface area contributed by atoms with Crippen LogP contribution in [-0.4, -0.2) is 31.3 Å². The first-order valence-electron chi connectivity index (χ1n) is 8.97. The van der Waals surface area contributed by atoms with E-state index in [-0.39, 0.29) is 5.75 Å². The molecular formula is C21H29N3O2. The molecule has 0 saturated heterocycles. The molecule has 3 N–H and O–H groups in total. The van der Waals surface area contributed by atoms with E-state index in [0.717, 1.165) is 31.0 Å². The molecule has 0 spiro atoms. The standard InChI is InChI=1S/C21H29N3O2/c1-5-22-21(23-10-9-17-12-15(2)11-16(3)13-17)24-14-18-7-6-8-19(26-4)20(18)25/h6-8,11-13,25H,5,9-10,14H2,1-4H3,(H2,22,23,24). The fourth-order valence-electron chi connectivity index (χ4n) is 2.90. The van der Waals surface area contributed by atoms with Crippen molar-refractivity contribution < 1.29 is 9.84 Å². The second-order valence-corrected chi connectivity index (χ2v) is 6.34. The summed E-state index contributed by atoms with van der Waals surface area (Å²) < 4.78 is 5.14. The van der Waals surface area contributed by atoms with E-state index in [0.29, 0.717) is 12.3 Å². The third kappa shape index (κ3) is 5.69. The molecule has 0 atom stereocenters. The molecule has 0 aliphatic carbocycles. The fourth-order valence-corrected chi connectivity index (χ4v) is 2.90. The van der Waals surface area contributed by atoms with Crippen LogP contribution in [-0.2, 0) is 13.0 Å². The molecule has 26 heavy (non-hydrogen) atoms. The molecular weight excluding hydrogens is 326 g/mol. The number of nitrogens with zero attached hydrogens (tertiary/aromatic N) is 1. The van der Waals surface area contributed by atoms with Crippen LogP contribution in [0.25, 0.3) is 0 Å². The van der Waals surface area contributed by atoms with Crippen LogP contribution in [0.4, 0.5) is 0 Å². The van der Waals surface area contributed by atoms with Gasteiger partial charge in [-0.15, -0.1) is 0 Å². The highest BCUT2D eigenvalue weighted by Crippen LogP contribution is 2.29. The molecule has 2 rings (SSSR count). The molecule has 0 bridgehead atoms. The Kier molecular flexibility index (Phi) is 7.33. The average molecular weight is 355 g/mol. The van der Waals surface area contributed by atoms with Gasteiger partial charge in [0.2, 0.25) is 0 Å². The first-order chi connectivity index (χ1) is 12.5. The Bertz CT molecular complexity index is 737. The molecule has 0 aliphatic rings. The molecule has 5 heteroatoms.